The first-order chi connectivity index (χ1) is 15.7. The Labute approximate surface area is 188 Å². The summed E-state index contributed by atoms with van der Waals surface area (Å²) in [6.07, 6.45) is 4.25. The Morgan fingerprint density at radius 1 is 0.812 bits per heavy atom. The van der Waals surface area contributed by atoms with Crippen LogP contribution in [-0.4, -0.2) is 11.6 Å². The van der Waals surface area contributed by atoms with Crippen molar-refractivity contribution in [3.05, 3.63) is 125 Å². The summed E-state index contributed by atoms with van der Waals surface area (Å²) < 4.78 is 6.55. The smallest absolute Gasteiger partial charge is 0.197 e. The molecule has 3 aromatic carbocycles. The van der Waals surface area contributed by atoms with E-state index < -0.39 is 5.60 Å². The van der Waals surface area contributed by atoms with Crippen molar-refractivity contribution in [1.29, 1.82) is 0 Å². The van der Waals surface area contributed by atoms with Gasteiger partial charge in [-0.05, 0) is 35.6 Å². The minimum Gasteiger partial charge on any atom is -0.474 e. The monoisotopic (exact) mass is 420 g/mol. The highest BCUT2D eigenvalue weighted by molar-refractivity contribution is 6.02. The third kappa shape index (κ3) is 3.71. The summed E-state index contributed by atoms with van der Waals surface area (Å²) in [6.45, 7) is 0. The number of rotatable bonds is 5. The van der Waals surface area contributed by atoms with Crippen LogP contribution in [0.25, 0.3) is 5.57 Å². The number of hydrogen-bond donors (Lipinski definition) is 0. The van der Waals surface area contributed by atoms with Crippen LogP contribution in [0.4, 0.5) is 0 Å². The lowest BCUT2D eigenvalue weighted by molar-refractivity contribution is -0.122. The molecule has 5 rings (SSSR count). The summed E-state index contributed by atoms with van der Waals surface area (Å²) in [6, 6.07) is 29.1. The first-order valence-corrected chi connectivity index (χ1v) is 11.0. The van der Waals surface area contributed by atoms with E-state index in [1.807, 2.05) is 78.9 Å². The largest absolute Gasteiger partial charge is 0.474 e. The van der Waals surface area contributed by atoms with Crippen LogP contribution in [0.3, 0.4) is 0 Å². The van der Waals surface area contributed by atoms with Gasteiger partial charge >= 0.3 is 0 Å². The standard InChI is InChI=1S/C29H24O3/c30-26-18-10-17-24-25(21-11-4-1-5-12-21)19-29(32-28(24)26,23-15-8-3-9-16-23)20-27(31)22-13-6-2-7-14-22/h1-9,11-16,19H,10,17-18,20H2. The first kappa shape index (κ1) is 20.2. The van der Waals surface area contributed by atoms with Crippen LogP contribution in [-0.2, 0) is 15.1 Å². The Balaban J connectivity index is 1.69. The third-order valence-corrected chi connectivity index (χ3v) is 6.21. The second kappa shape index (κ2) is 8.43. The summed E-state index contributed by atoms with van der Waals surface area (Å²) in [7, 11) is 0. The number of allylic oxidation sites excluding steroid dienone is 3. The Hall–Kier alpha value is -3.72. The highest BCUT2D eigenvalue weighted by Gasteiger charge is 2.43. The van der Waals surface area contributed by atoms with Gasteiger partial charge in [-0.1, -0.05) is 91.0 Å². The molecular formula is C29H24O3. The van der Waals surface area contributed by atoms with Gasteiger partial charge in [0.25, 0.3) is 0 Å². The number of carbonyl (C=O) groups is 2. The minimum atomic E-state index is -1.05. The van der Waals surface area contributed by atoms with Crippen LogP contribution < -0.4 is 0 Å². The molecule has 0 saturated carbocycles. The molecule has 3 aromatic rings. The van der Waals surface area contributed by atoms with E-state index in [0.717, 1.165) is 35.1 Å². The van der Waals surface area contributed by atoms with Crippen LogP contribution in [0.15, 0.2) is 108 Å². The Morgan fingerprint density at radius 2 is 1.44 bits per heavy atom. The molecule has 3 nitrogen and oxygen atoms in total. The summed E-state index contributed by atoms with van der Waals surface area (Å²) in [5.74, 6) is 0.410. The van der Waals surface area contributed by atoms with Crippen molar-refractivity contribution in [2.24, 2.45) is 0 Å². The zero-order valence-electron chi connectivity index (χ0n) is 17.8. The fraction of sp³-hybridized carbons (Fsp3) is 0.172. The van der Waals surface area contributed by atoms with E-state index in [4.69, 9.17) is 4.74 Å². The fourth-order valence-corrected chi connectivity index (χ4v) is 4.62. The second-order valence-electron chi connectivity index (χ2n) is 8.33. The third-order valence-electron chi connectivity index (χ3n) is 6.21. The van der Waals surface area contributed by atoms with Gasteiger partial charge in [-0.3, -0.25) is 9.59 Å². The topological polar surface area (TPSA) is 43.4 Å². The molecule has 32 heavy (non-hydrogen) atoms. The van der Waals surface area contributed by atoms with Gasteiger partial charge in [0.1, 0.15) is 0 Å². The van der Waals surface area contributed by atoms with Gasteiger partial charge in [-0.2, -0.15) is 0 Å². The molecule has 0 bridgehead atoms. The lowest BCUT2D eigenvalue weighted by Gasteiger charge is -2.39. The van der Waals surface area contributed by atoms with E-state index in [0.29, 0.717) is 17.7 Å². The maximum Gasteiger partial charge on any atom is 0.197 e. The zero-order chi connectivity index (χ0) is 22.0. The molecule has 0 fully saturated rings. The summed E-state index contributed by atoms with van der Waals surface area (Å²) >= 11 is 0. The number of ether oxygens (including phenoxy) is 1. The lowest BCUT2D eigenvalue weighted by Crippen LogP contribution is -2.36. The molecule has 1 atom stereocenters. The van der Waals surface area contributed by atoms with Crippen LogP contribution in [0.1, 0.15) is 47.2 Å². The summed E-state index contributed by atoms with van der Waals surface area (Å²) in [5, 5.41) is 0. The summed E-state index contributed by atoms with van der Waals surface area (Å²) in [4.78, 5) is 26.4. The molecule has 1 aliphatic carbocycles. The molecule has 1 heterocycles. The predicted molar refractivity (Wildman–Crippen MR) is 125 cm³/mol. The highest BCUT2D eigenvalue weighted by Crippen LogP contribution is 2.47. The van der Waals surface area contributed by atoms with Crippen molar-refractivity contribution in [2.45, 2.75) is 31.3 Å². The van der Waals surface area contributed by atoms with Crippen molar-refractivity contribution >= 4 is 17.1 Å². The second-order valence-corrected chi connectivity index (χ2v) is 8.33. The van der Waals surface area contributed by atoms with Crippen molar-refractivity contribution in [2.75, 3.05) is 0 Å². The SMILES string of the molecule is O=C1CCCC2=C1OC(CC(=O)c1ccccc1)(c1ccccc1)C=C2c1ccccc1. The lowest BCUT2D eigenvalue weighted by atomic mass is 9.77. The molecule has 2 aliphatic rings. The van der Waals surface area contributed by atoms with Crippen molar-refractivity contribution in [1.82, 2.24) is 0 Å². The Bertz CT molecular complexity index is 1210. The van der Waals surface area contributed by atoms with Crippen molar-refractivity contribution in [3.8, 4) is 0 Å². The van der Waals surface area contributed by atoms with Gasteiger partial charge in [0, 0.05) is 17.6 Å². The number of hydrogen-bond acceptors (Lipinski definition) is 3. The molecule has 0 spiro atoms. The molecule has 0 radical (unpaired) electrons. The van der Waals surface area contributed by atoms with Crippen LogP contribution in [0.2, 0.25) is 0 Å². The van der Waals surface area contributed by atoms with E-state index in [1.54, 1.807) is 0 Å². The van der Waals surface area contributed by atoms with Crippen LogP contribution >= 0.6 is 0 Å². The molecule has 3 heteroatoms. The molecular weight excluding hydrogens is 396 g/mol. The quantitative estimate of drug-likeness (QED) is 0.457. The highest BCUT2D eigenvalue weighted by atomic mass is 16.5. The number of carbonyl (C=O) groups excluding carboxylic acids is 2. The Morgan fingerprint density at radius 3 is 2.12 bits per heavy atom. The van der Waals surface area contributed by atoms with Gasteiger partial charge in [0.2, 0.25) is 0 Å². The first-order valence-electron chi connectivity index (χ1n) is 11.0. The minimum absolute atomic E-state index is 0.0141. The molecule has 0 N–H and O–H groups in total. The normalized spacial score (nSPS) is 20.2. The van der Waals surface area contributed by atoms with E-state index in [9.17, 15) is 9.59 Å². The van der Waals surface area contributed by atoms with E-state index in [-0.39, 0.29) is 18.0 Å². The molecule has 0 aromatic heterocycles. The molecule has 1 aliphatic heterocycles. The van der Waals surface area contributed by atoms with Crippen LogP contribution in [0, 0.1) is 0 Å². The molecule has 158 valence electrons. The number of ketones is 2. The van der Waals surface area contributed by atoms with E-state index >= 15 is 0 Å². The van der Waals surface area contributed by atoms with Gasteiger partial charge < -0.3 is 4.74 Å². The predicted octanol–water partition coefficient (Wildman–Crippen LogP) is 6.28. The number of benzene rings is 3. The van der Waals surface area contributed by atoms with Crippen molar-refractivity contribution < 1.29 is 14.3 Å². The van der Waals surface area contributed by atoms with Crippen LogP contribution in [0.5, 0.6) is 0 Å². The average Bonchev–Trinajstić information content (AvgIpc) is 2.86. The maximum atomic E-state index is 13.4. The molecule has 1 unspecified atom stereocenters. The maximum absolute atomic E-state index is 13.4. The van der Waals surface area contributed by atoms with Gasteiger partial charge in [-0.25, -0.2) is 0 Å². The zero-order valence-corrected chi connectivity index (χ0v) is 17.8. The van der Waals surface area contributed by atoms with E-state index in [1.165, 1.54) is 0 Å². The fourth-order valence-electron chi connectivity index (χ4n) is 4.62. The molecule has 0 saturated heterocycles. The van der Waals surface area contributed by atoms with Gasteiger partial charge in [0.15, 0.2) is 22.9 Å². The van der Waals surface area contributed by atoms with Crippen molar-refractivity contribution in [3.63, 3.8) is 0 Å². The van der Waals surface area contributed by atoms with E-state index in [2.05, 4.69) is 18.2 Å². The average molecular weight is 421 g/mol. The molecule has 0 amide bonds. The van der Waals surface area contributed by atoms with Gasteiger partial charge in [0.05, 0.1) is 6.42 Å². The number of Topliss-reactive ketones (excluding diaryl/α,β-unsaturated/α-hetero) is 2. The Kier molecular flexibility index (Phi) is 5.32. The summed E-state index contributed by atoms with van der Waals surface area (Å²) in [5.41, 5.74) is 3.42. The van der Waals surface area contributed by atoms with Gasteiger partial charge in [-0.15, -0.1) is 0 Å².